The van der Waals surface area contributed by atoms with Gasteiger partial charge in [0, 0.05) is 17.1 Å². The third kappa shape index (κ3) is 14.1. The number of benzene rings is 3. The highest BCUT2D eigenvalue weighted by Crippen LogP contribution is 2.22. The van der Waals surface area contributed by atoms with E-state index in [4.69, 9.17) is 23.1 Å². The maximum absolute atomic E-state index is 13.3. The smallest absolute Gasteiger partial charge is 0.290 e. The second-order valence-corrected chi connectivity index (χ2v) is 14.3. The number of hydrogen-bond donors (Lipinski definition) is 9. The summed E-state index contributed by atoms with van der Waals surface area (Å²) in [5.41, 5.74) is 14.1. The quantitative estimate of drug-likeness (QED) is 0.0544. The summed E-state index contributed by atoms with van der Waals surface area (Å²) in [6.07, 6.45) is -0.373. The Labute approximate surface area is 342 Å². The van der Waals surface area contributed by atoms with Gasteiger partial charge in [-0.2, -0.15) is 0 Å². The van der Waals surface area contributed by atoms with E-state index in [0.29, 0.717) is 24.4 Å². The van der Waals surface area contributed by atoms with Crippen LogP contribution in [0, 0.1) is 0 Å². The highest BCUT2D eigenvalue weighted by Gasteiger charge is 2.33. The lowest BCUT2D eigenvalue weighted by molar-refractivity contribution is -0.140. The molecule has 11 N–H and O–H groups in total. The average Bonchev–Trinajstić information content (AvgIpc) is 3.21. The lowest BCUT2D eigenvalue weighted by atomic mass is 10.0. The van der Waals surface area contributed by atoms with Crippen molar-refractivity contribution < 1.29 is 38.7 Å². The minimum absolute atomic E-state index is 0.124. The molecular weight excluding hydrogens is 768 g/mol. The summed E-state index contributed by atoms with van der Waals surface area (Å²) in [6, 6.07) is 15.7. The first-order valence-electron chi connectivity index (χ1n) is 18.9. The van der Waals surface area contributed by atoms with Crippen LogP contribution in [-0.4, -0.2) is 95.7 Å². The molecule has 3 aromatic carbocycles. The molecule has 0 radical (unpaired) electrons. The topological polar surface area (TPSA) is 264 Å². The van der Waals surface area contributed by atoms with Gasteiger partial charge in [-0.25, -0.2) is 0 Å². The summed E-state index contributed by atoms with van der Waals surface area (Å²) in [5.74, 6) is -5.74. The molecule has 0 fully saturated rings. The molecule has 0 aliphatic rings. The zero-order chi connectivity index (χ0) is 42.9. The molecule has 0 unspecified atom stereocenters. The first kappa shape index (κ1) is 46.7. The molecule has 0 saturated carbocycles. The summed E-state index contributed by atoms with van der Waals surface area (Å²) in [5, 5.41) is 26.0. The summed E-state index contributed by atoms with van der Waals surface area (Å²) in [7, 11) is 0. The van der Waals surface area contributed by atoms with E-state index < -0.39 is 83.6 Å². The number of aliphatic hydroxyl groups excluding tert-OH is 1. The second-order valence-electron chi connectivity index (χ2n) is 13.8. The fraction of sp³-hybridized carbons (Fsp3) is 0.390. The van der Waals surface area contributed by atoms with Crippen molar-refractivity contribution in [2.24, 2.45) is 11.5 Å². The van der Waals surface area contributed by atoms with Crippen LogP contribution in [0.3, 0.4) is 0 Å². The van der Waals surface area contributed by atoms with E-state index in [1.54, 1.807) is 67.6 Å². The van der Waals surface area contributed by atoms with Crippen molar-refractivity contribution in [1.29, 1.82) is 0 Å². The van der Waals surface area contributed by atoms with Crippen LogP contribution in [0.5, 0.6) is 0 Å². The fourth-order valence-corrected chi connectivity index (χ4v) is 5.81. The van der Waals surface area contributed by atoms with E-state index in [2.05, 4.69) is 31.9 Å². The summed E-state index contributed by atoms with van der Waals surface area (Å²) in [4.78, 5) is 91.6. The van der Waals surface area contributed by atoms with E-state index in [0.717, 1.165) is 16.7 Å². The van der Waals surface area contributed by atoms with Crippen LogP contribution in [0.4, 0.5) is 0 Å². The molecule has 0 spiro atoms. The Bertz CT molecular complexity index is 1880. The van der Waals surface area contributed by atoms with Gasteiger partial charge in [0.25, 0.3) is 11.8 Å². The number of aliphatic hydroxyl groups is 1. The van der Waals surface area contributed by atoms with E-state index in [1.165, 1.54) is 20.8 Å². The zero-order valence-corrected chi connectivity index (χ0v) is 33.7. The van der Waals surface area contributed by atoms with Gasteiger partial charge in [0.2, 0.25) is 29.4 Å². The van der Waals surface area contributed by atoms with Gasteiger partial charge in [0.15, 0.2) is 0 Å². The number of carbonyl (C=O) groups is 7. The third-order valence-corrected chi connectivity index (χ3v) is 9.45. The highest BCUT2D eigenvalue weighted by atomic mass is 35.5. The minimum Gasteiger partial charge on any atom is -0.391 e. The number of nitrogens with two attached hydrogens (primary N) is 2. The van der Waals surface area contributed by atoms with Crippen molar-refractivity contribution in [1.82, 2.24) is 31.9 Å². The SMILES string of the molecule is C[C@H](NC(=O)[C@@H](NC(=O)[C@H](CN)NC(=O)c1ccc(-c2ccc(Cl)cc2)cc1)[C@@H](C)O)C(=O)N[C@@H](CCCCN)C(=O)N[C@@H](C)C(=O)C(=O)N[C@@H](C)c1ccccc1. The van der Waals surface area contributed by atoms with E-state index in [9.17, 15) is 38.7 Å². The Balaban J connectivity index is 1.59. The maximum Gasteiger partial charge on any atom is 0.290 e. The van der Waals surface area contributed by atoms with Gasteiger partial charge in [0.05, 0.1) is 18.2 Å². The predicted octanol–water partition coefficient (Wildman–Crippen LogP) is 0.999. The van der Waals surface area contributed by atoms with Crippen LogP contribution in [0.25, 0.3) is 11.1 Å². The van der Waals surface area contributed by atoms with Crippen molar-refractivity contribution in [3.8, 4) is 11.1 Å². The monoisotopic (exact) mass is 820 g/mol. The number of hydrogen-bond acceptors (Lipinski definition) is 10. The third-order valence-electron chi connectivity index (χ3n) is 9.20. The number of Topliss-reactive ketones (excluding diaryl/α,β-unsaturated/α-hetero) is 1. The van der Waals surface area contributed by atoms with Gasteiger partial charge in [-0.3, -0.25) is 33.6 Å². The number of carbonyl (C=O) groups excluding carboxylic acids is 7. The van der Waals surface area contributed by atoms with Crippen molar-refractivity contribution in [3.63, 3.8) is 0 Å². The zero-order valence-electron chi connectivity index (χ0n) is 32.9. The number of rotatable bonds is 21. The molecule has 16 nitrogen and oxygen atoms in total. The van der Waals surface area contributed by atoms with Crippen LogP contribution in [0.2, 0.25) is 5.02 Å². The number of amides is 6. The Hall–Kier alpha value is -5.68. The Morgan fingerprint density at radius 2 is 1.19 bits per heavy atom. The van der Waals surface area contributed by atoms with Crippen molar-refractivity contribution in [3.05, 3.63) is 95.0 Å². The Kier molecular flexibility index (Phi) is 18.4. The van der Waals surface area contributed by atoms with Crippen molar-refractivity contribution in [2.45, 2.75) is 89.3 Å². The first-order valence-corrected chi connectivity index (χ1v) is 19.3. The van der Waals surface area contributed by atoms with E-state index in [-0.39, 0.29) is 18.5 Å². The van der Waals surface area contributed by atoms with Gasteiger partial charge in [-0.1, -0.05) is 66.2 Å². The van der Waals surface area contributed by atoms with E-state index in [1.807, 2.05) is 18.2 Å². The van der Waals surface area contributed by atoms with Crippen LogP contribution in [0.1, 0.15) is 68.9 Å². The number of ketones is 1. The Morgan fingerprint density at radius 1 is 0.621 bits per heavy atom. The van der Waals surface area contributed by atoms with Crippen LogP contribution in [-0.2, 0) is 28.8 Å². The lowest BCUT2D eigenvalue weighted by Gasteiger charge is -2.26. The van der Waals surface area contributed by atoms with Crippen molar-refractivity contribution >= 4 is 52.8 Å². The lowest BCUT2D eigenvalue weighted by Crippen LogP contribution is -2.61. The molecule has 3 aromatic rings. The van der Waals surface area contributed by atoms with Gasteiger partial charge in [-0.15, -0.1) is 0 Å². The minimum atomic E-state index is -1.57. The molecule has 17 heteroatoms. The molecule has 0 heterocycles. The molecule has 3 rings (SSSR count). The number of halogens is 1. The molecule has 6 amide bonds. The van der Waals surface area contributed by atoms with E-state index >= 15 is 0 Å². The molecule has 0 saturated heterocycles. The van der Waals surface area contributed by atoms with Crippen LogP contribution in [0.15, 0.2) is 78.9 Å². The number of nitrogens with one attached hydrogen (secondary N) is 6. The normalized spacial score (nSPS) is 14.6. The fourth-order valence-electron chi connectivity index (χ4n) is 5.68. The molecule has 0 aliphatic carbocycles. The average molecular weight is 821 g/mol. The molecular formula is C41H53ClN8O8. The largest absolute Gasteiger partial charge is 0.391 e. The van der Waals surface area contributed by atoms with Crippen LogP contribution >= 0.6 is 11.6 Å². The first-order chi connectivity index (χ1) is 27.6. The van der Waals surface area contributed by atoms with Crippen LogP contribution < -0.4 is 43.4 Å². The molecule has 0 bridgehead atoms. The van der Waals surface area contributed by atoms with Gasteiger partial charge >= 0.3 is 0 Å². The molecule has 7 atom stereocenters. The van der Waals surface area contributed by atoms with Gasteiger partial charge < -0.3 is 48.5 Å². The second kappa shape index (κ2) is 22.9. The maximum atomic E-state index is 13.3. The molecule has 312 valence electrons. The summed E-state index contributed by atoms with van der Waals surface area (Å²) in [6.45, 7) is 5.61. The highest BCUT2D eigenvalue weighted by molar-refractivity contribution is 6.38. The molecule has 0 aliphatic heterocycles. The van der Waals surface area contributed by atoms with Crippen molar-refractivity contribution in [2.75, 3.05) is 13.1 Å². The molecule has 0 aromatic heterocycles. The molecule has 58 heavy (non-hydrogen) atoms. The standard InChI is InChI=1S/C41H53ClN8O8/c1-23(27-10-6-5-7-11-27)45-41(58)35(52)24(2)46-38(55)32(12-8-9-21-43)48-36(53)25(3)47-40(57)34(26(4)51)50-39(56)33(22-44)49-37(54)30-15-13-28(14-16-30)29-17-19-31(42)20-18-29/h5-7,10-11,13-20,23-26,32-34,51H,8-9,12,21-22,43-44H2,1-4H3,(H,45,58)(H,46,55)(H,47,57)(H,48,53)(H,49,54)(H,50,56)/t23-,24-,25-,26+,32-,33-,34-/m0/s1. The summed E-state index contributed by atoms with van der Waals surface area (Å²) < 4.78 is 0. The number of unbranched alkanes of at least 4 members (excludes halogenated alkanes) is 1. The predicted molar refractivity (Wildman–Crippen MR) is 219 cm³/mol. The Morgan fingerprint density at radius 3 is 1.76 bits per heavy atom. The van der Waals surface area contributed by atoms with Gasteiger partial charge in [0.1, 0.15) is 24.2 Å². The van der Waals surface area contributed by atoms with Gasteiger partial charge in [-0.05, 0) is 94.5 Å². The summed E-state index contributed by atoms with van der Waals surface area (Å²) >= 11 is 5.97.